The van der Waals surface area contributed by atoms with Gasteiger partial charge in [-0.15, -0.1) is 0 Å². The lowest BCUT2D eigenvalue weighted by Gasteiger charge is -2.40. The van der Waals surface area contributed by atoms with Crippen LogP contribution in [0, 0.1) is 11.7 Å². The molecule has 0 spiro atoms. The third-order valence-corrected chi connectivity index (χ3v) is 15.0. The van der Waals surface area contributed by atoms with Gasteiger partial charge >= 0.3 is 0 Å². The van der Waals surface area contributed by atoms with E-state index in [0.717, 1.165) is 107 Å². The molecule has 1 aromatic carbocycles. The number of benzene rings is 1. The van der Waals surface area contributed by atoms with Gasteiger partial charge in [-0.05, 0) is 123 Å². The number of fused-ring (bicyclic) bond motifs is 2. The van der Waals surface area contributed by atoms with Crippen molar-refractivity contribution in [1.82, 2.24) is 44.7 Å². The third-order valence-electron chi connectivity index (χ3n) is 15.0. The lowest BCUT2D eigenvalue weighted by Crippen LogP contribution is -2.52. The molecule has 3 amide bonds. The monoisotopic (exact) mass is 870 g/mol. The van der Waals surface area contributed by atoms with Crippen LogP contribution in [-0.4, -0.2) is 101 Å². The van der Waals surface area contributed by atoms with Gasteiger partial charge in [0.1, 0.15) is 17.6 Å². The van der Waals surface area contributed by atoms with E-state index >= 15 is 4.39 Å². The number of halogens is 1. The van der Waals surface area contributed by atoms with Crippen molar-refractivity contribution in [3.8, 4) is 11.3 Å². The highest BCUT2D eigenvalue weighted by Gasteiger charge is 2.41. The molecular weight excluding hydrogens is 812 g/mol. The molecule has 14 nitrogen and oxygen atoms in total. The first-order chi connectivity index (χ1) is 31.1. The van der Waals surface area contributed by atoms with Crippen LogP contribution in [0.15, 0.2) is 60.7 Å². The van der Waals surface area contributed by atoms with Crippen LogP contribution >= 0.6 is 0 Å². The zero-order valence-corrected chi connectivity index (χ0v) is 36.8. The maximum absolute atomic E-state index is 15.1. The number of amides is 3. The predicted octanol–water partition coefficient (Wildman–Crippen LogP) is 6.90. The molecule has 0 bridgehead atoms. The van der Waals surface area contributed by atoms with E-state index in [1.807, 2.05) is 29.1 Å². The van der Waals surface area contributed by atoms with Crippen LogP contribution in [0.4, 0.5) is 16.2 Å². The summed E-state index contributed by atoms with van der Waals surface area (Å²) in [6, 6.07) is 9.09. The van der Waals surface area contributed by atoms with Crippen LogP contribution in [0.5, 0.6) is 0 Å². The number of imide groups is 1. The minimum absolute atomic E-state index is 0.191. The average molecular weight is 871 g/mol. The lowest BCUT2D eigenvalue weighted by molar-refractivity contribution is -0.136. The molecule has 336 valence electrons. The maximum atomic E-state index is 15.1. The molecule has 15 heteroatoms. The lowest BCUT2D eigenvalue weighted by atomic mass is 9.82. The van der Waals surface area contributed by atoms with Crippen molar-refractivity contribution >= 4 is 29.5 Å². The predicted molar refractivity (Wildman–Crippen MR) is 239 cm³/mol. The number of hydrogen-bond donors (Lipinski definition) is 3. The summed E-state index contributed by atoms with van der Waals surface area (Å²) in [7, 11) is 0. The number of anilines is 2. The van der Waals surface area contributed by atoms with E-state index in [-0.39, 0.29) is 29.8 Å². The minimum atomic E-state index is -0.949. The highest BCUT2D eigenvalue weighted by molar-refractivity contribution is 6.05. The molecule has 0 radical (unpaired) electrons. The highest BCUT2D eigenvalue weighted by Crippen LogP contribution is 2.39. The molecule has 4 fully saturated rings. The number of allylic oxidation sites excluding steroid dienone is 1. The molecule has 64 heavy (non-hydrogen) atoms. The van der Waals surface area contributed by atoms with Crippen LogP contribution in [0.1, 0.15) is 135 Å². The Morgan fingerprint density at radius 2 is 1.70 bits per heavy atom. The Kier molecular flexibility index (Phi) is 11.8. The summed E-state index contributed by atoms with van der Waals surface area (Å²) in [5, 5.41) is 21.9. The van der Waals surface area contributed by atoms with E-state index in [4.69, 9.17) is 4.98 Å². The molecule has 6 aliphatic rings. The standard InChI is InChI=1S/C49H59FN10O4/c1-31-4-2-3-19-60-45(31)39(26-53-60)44-40(50)27-52-48(56-44)54-42-13-9-35(25-51-42)34-15-20-57(21-16-34)28-32-5-7-33(8-6-32)29-58-22-17-49(64,18-23-58)37-10-11-38-36(24-37)30-59(47(38)63)41-12-14-43(61)55-46(41)62/h9-11,13,24-28,31,33-34,41,64H,2-8,12,14-23,29-30H2,1H3,(H,55,61,62)(H,51,52,54,56)/t31-,33?,41?/m1/s1. The fourth-order valence-corrected chi connectivity index (χ4v) is 11.2. The average Bonchev–Trinajstić information content (AvgIpc) is 3.82. The topological polar surface area (TPSA) is 162 Å². The summed E-state index contributed by atoms with van der Waals surface area (Å²) in [5.74, 6) is 0.951. The first-order valence-corrected chi connectivity index (χ1v) is 23.5. The molecule has 1 saturated carbocycles. The molecule has 3 N–H and O–H groups in total. The Morgan fingerprint density at radius 1 is 0.891 bits per heavy atom. The molecule has 3 aromatic heterocycles. The van der Waals surface area contributed by atoms with Crippen molar-refractivity contribution in [3.05, 3.63) is 94.5 Å². The second-order valence-corrected chi connectivity index (χ2v) is 19.2. The van der Waals surface area contributed by atoms with Gasteiger partial charge in [0.05, 0.1) is 23.7 Å². The van der Waals surface area contributed by atoms with Crippen LogP contribution in [0.25, 0.3) is 11.3 Å². The molecule has 5 aliphatic heterocycles. The summed E-state index contributed by atoms with van der Waals surface area (Å²) < 4.78 is 17.1. The summed E-state index contributed by atoms with van der Waals surface area (Å²) in [5.41, 5.74) is 6.12. The molecule has 1 aliphatic carbocycles. The smallest absolute Gasteiger partial charge is 0.255 e. The minimum Gasteiger partial charge on any atom is -0.385 e. The summed E-state index contributed by atoms with van der Waals surface area (Å²) in [6.07, 6.45) is 19.2. The van der Waals surface area contributed by atoms with E-state index in [1.165, 1.54) is 24.6 Å². The summed E-state index contributed by atoms with van der Waals surface area (Å²) in [6.45, 7) is 8.09. The number of carbonyl (C=O) groups is 3. The Balaban J connectivity index is 0.664. The van der Waals surface area contributed by atoms with E-state index < -0.39 is 23.4 Å². The van der Waals surface area contributed by atoms with Crippen molar-refractivity contribution in [2.24, 2.45) is 5.92 Å². The van der Waals surface area contributed by atoms with E-state index in [0.29, 0.717) is 55.0 Å². The number of rotatable bonds is 9. The Labute approximate surface area is 373 Å². The van der Waals surface area contributed by atoms with Crippen molar-refractivity contribution in [1.29, 1.82) is 0 Å². The maximum Gasteiger partial charge on any atom is 0.255 e. The number of aryl methyl sites for hydroxylation is 1. The molecule has 8 heterocycles. The fourth-order valence-electron chi connectivity index (χ4n) is 11.2. The van der Waals surface area contributed by atoms with Crippen molar-refractivity contribution < 1.29 is 23.9 Å². The van der Waals surface area contributed by atoms with Crippen LogP contribution in [0.2, 0.25) is 0 Å². The highest BCUT2D eigenvalue weighted by atomic mass is 19.1. The van der Waals surface area contributed by atoms with Gasteiger partial charge in [0.2, 0.25) is 17.8 Å². The first kappa shape index (κ1) is 42.4. The number of aliphatic hydroxyl groups is 1. The van der Waals surface area contributed by atoms with E-state index in [9.17, 15) is 19.5 Å². The third kappa shape index (κ3) is 8.68. The van der Waals surface area contributed by atoms with Gasteiger partial charge in [-0.1, -0.05) is 37.1 Å². The van der Waals surface area contributed by atoms with Crippen molar-refractivity contribution in [2.45, 2.75) is 127 Å². The largest absolute Gasteiger partial charge is 0.385 e. The van der Waals surface area contributed by atoms with Crippen molar-refractivity contribution in [3.63, 3.8) is 0 Å². The number of hydrogen-bond acceptors (Lipinski definition) is 11. The molecular formula is C49H59FN10O4. The summed E-state index contributed by atoms with van der Waals surface area (Å²) in [4.78, 5) is 57.4. The number of carbonyl (C=O) groups excluding carboxylic acids is 3. The van der Waals surface area contributed by atoms with E-state index in [1.54, 1.807) is 22.7 Å². The quantitative estimate of drug-likeness (QED) is 0.150. The number of nitrogens with zero attached hydrogens (tertiary/aromatic N) is 8. The van der Waals surface area contributed by atoms with E-state index in [2.05, 4.69) is 54.7 Å². The van der Waals surface area contributed by atoms with Gasteiger partial charge in [-0.25, -0.2) is 19.3 Å². The molecule has 3 saturated heterocycles. The second kappa shape index (κ2) is 17.8. The molecule has 1 unspecified atom stereocenters. The van der Waals surface area contributed by atoms with Gasteiger partial charge in [0.15, 0.2) is 5.82 Å². The van der Waals surface area contributed by atoms with Crippen LogP contribution in [0.3, 0.4) is 0 Å². The zero-order chi connectivity index (χ0) is 44.0. The fraction of sp³-hybridized carbons (Fsp3) is 0.531. The first-order valence-electron chi connectivity index (χ1n) is 23.5. The van der Waals surface area contributed by atoms with Crippen molar-refractivity contribution in [2.75, 3.05) is 38.0 Å². The second-order valence-electron chi connectivity index (χ2n) is 19.2. The number of aromatic nitrogens is 5. The Morgan fingerprint density at radius 3 is 2.47 bits per heavy atom. The Hall–Kier alpha value is -5.54. The SMILES string of the molecule is C[C@@H]1CCCCn2ncc(-c3nc(Nc4ccc(C5CCN(C=C6CCC(CN7CCC(O)(c8ccc9c(c8)CN(C8CCC(=O)NC8=O)C9=O)CC7)CC6)CC5)cn4)ncc3F)c21. The number of pyridine rings is 1. The van der Waals surface area contributed by atoms with Crippen LogP contribution in [-0.2, 0) is 28.3 Å². The van der Waals surface area contributed by atoms with Crippen LogP contribution < -0.4 is 10.6 Å². The summed E-state index contributed by atoms with van der Waals surface area (Å²) >= 11 is 0. The normalized spacial score (nSPS) is 24.3. The number of likely N-dealkylation sites (tertiary alicyclic amines) is 2. The number of piperidine rings is 3. The van der Waals surface area contributed by atoms with Gasteiger partial charge in [0, 0.05) is 69.6 Å². The van der Waals surface area contributed by atoms with Gasteiger partial charge in [-0.2, -0.15) is 5.10 Å². The Bertz CT molecular complexity index is 2430. The zero-order valence-electron chi connectivity index (χ0n) is 36.8. The van der Waals surface area contributed by atoms with Gasteiger partial charge in [-0.3, -0.25) is 24.4 Å². The molecule has 2 atom stereocenters. The van der Waals surface area contributed by atoms with Gasteiger partial charge in [0.25, 0.3) is 5.91 Å². The number of nitrogens with one attached hydrogen (secondary N) is 2. The van der Waals surface area contributed by atoms with Gasteiger partial charge < -0.3 is 25.1 Å². The molecule has 10 rings (SSSR count). The molecule has 4 aromatic rings.